The lowest BCUT2D eigenvalue weighted by atomic mass is 10.0. The Morgan fingerprint density at radius 3 is 2.62 bits per heavy atom. The molecule has 0 fully saturated rings. The number of esters is 1. The molecule has 1 rings (SSSR count). The summed E-state index contributed by atoms with van der Waals surface area (Å²) in [4.78, 5) is 11.4. The zero-order valence-corrected chi connectivity index (χ0v) is 10.4. The smallest absolute Gasteiger partial charge is 0.310 e. The molecule has 0 bridgehead atoms. The molecule has 5 heteroatoms. The molecule has 5 nitrogen and oxygen atoms in total. The maximum atomic E-state index is 11.4. The Labute approximate surface area is 95.8 Å². The molecular weight excluding hydrogens is 206 g/mol. The van der Waals surface area contributed by atoms with Crippen molar-refractivity contribution in [3.05, 3.63) is 11.9 Å². The third kappa shape index (κ3) is 2.74. The fourth-order valence-electron chi connectivity index (χ4n) is 1.50. The molecule has 0 radical (unpaired) electrons. The van der Waals surface area contributed by atoms with Gasteiger partial charge in [-0.3, -0.25) is 9.48 Å². The molecule has 1 aromatic rings. The van der Waals surface area contributed by atoms with Crippen molar-refractivity contribution < 1.29 is 9.53 Å². The van der Waals surface area contributed by atoms with Crippen molar-refractivity contribution in [2.45, 2.75) is 26.8 Å². The van der Waals surface area contributed by atoms with Crippen LogP contribution in [0.15, 0.2) is 6.20 Å². The van der Waals surface area contributed by atoms with Crippen LogP contribution >= 0.6 is 0 Å². The number of carbonyl (C=O) groups is 1. The summed E-state index contributed by atoms with van der Waals surface area (Å²) in [6.45, 7) is 5.72. The van der Waals surface area contributed by atoms with E-state index in [4.69, 9.17) is 4.74 Å². The monoisotopic (exact) mass is 225 g/mol. The Balaban J connectivity index is 2.67. The minimum Gasteiger partial charge on any atom is -0.469 e. The van der Waals surface area contributed by atoms with Crippen LogP contribution in [0.2, 0.25) is 0 Å². The second kappa shape index (κ2) is 5.01. The van der Waals surface area contributed by atoms with Crippen LogP contribution in [-0.4, -0.2) is 28.9 Å². The Morgan fingerprint density at radius 2 is 2.19 bits per heavy atom. The number of methoxy groups -OCH3 is 1. The number of rotatable bonds is 4. The molecular formula is C11H19N3O2. The van der Waals surface area contributed by atoms with Crippen LogP contribution in [0.1, 0.15) is 19.5 Å². The number of hydrogen-bond donors (Lipinski definition) is 1. The summed E-state index contributed by atoms with van der Waals surface area (Å²) in [6, 6.07) is 0.00958. The first-order chi connectivity index (χ1) is 7.45. The highest BCUT2D eigenvalue weighted by atomic mass is 16.5. The molecule has 2 atom stereocenters. The summed E-state index contributed by atoms with van der Waals surface area (Å²) in [5.74, 6) is -0.397. The highest BCUT2D eigenvalue weighted by Gasteiger charge is 2.21. The maximum absolute atomic E-state index is 11.4. The van der Waals surface area contributed by atoms with Crippen LogP contribution in [0, 0.1) is 12.8 Å². The molecule has 1 heterocycles. The number of aromatic nitrogens is 2. The summed E-state index contributed by atoms with van der Waals surface area (Å²) >= 11 is 0. The van der Waals surface area contributed by atoms with Crippen LogP contribution in [0.3, 0.4) is 0 Å². The highest BCUT2D eigenvalue weighted by molar-refractivity contribution is 5.73. The van der Waals surface area contributed by atoms with Crippen LogP contribution in [0.4, 0.5) is 5.69 Å². The molecule has 0 amide bonds. The number of aryl methyl sites for hydroxylation is 2. The number of hydrogen-bond acceptors (Lipinski definition) is 4. The topological polar surface area (TPSA) is 56.1 Å². The lowest BCUT2D eigenvalue weighted by Gasteiger charge is -2.19. The van der Waals surface area contributed by atoms with Crippen LogP contribution in [-0.2, 0) is 16.6 Å². The van der Waals surface area contributed by atoms with Crippen molar-refractivity contribution in [1.82, 2.24) is 9.78 Å². The van der Waals surface area contributed by atoms with E-state index < -0.39 is 0 Å². The van der Waals surface area contributed by atoms with E-state index in [1.807, 2.05) is 34.0 Å². The minimum atomic E-state index is -0.207. The zero-order chi connectivity index (χ0) is 12.3. The van der Waals surface area contributed by atoms with Gasteiger partial charge in [-0.2, -0.15) is 5.10 Å². The van der Waals surface area contributed by atoms with Crippen molar-refractivity contribution in [2.75, 3.05) is 12.4 Å². The van der Waals surface area contributed by atoms with Gasteiger partial charge >= 0.3 is 5.97 Å². The van der Waals surface area contributed by atoms with E-state index in [9.17, 15) is 4.79 Å². The van der Waals surface area contributed by atoms with Gasteiger partial charge in [0.1, 0.15) is 0 Å². The van der Waals surface area contributed by atoms with E-state index in [-0.39, 0.29) is 17.9 Å². The van der Waals surface area contributed by atoms with Gasteiger partial charge in [-0.25, -0.2) is 0 Å². The number of nitrogens with one attached hydrogen (secondary N) is 1. The van der Waals surface area contributed by atoms with Gasteiger partial charge in [0.25, 0.3) is 0 Å². The van der Waals surface area contributed by atoms with Crippen molar-refractivity contribution in [3.8, 4) is 0 Å². The van der Waals surface area contributed by atoms with E-state index >= 15 is 0 Å². The van der Waals surface area contributed by atoms with Crippen molar-refractivity contribution >= 4 is 11.7 Å². The summed E-state index contributed by atoms with van der Waals surface area (Å²) in [7, 11) is 3.27. The van der Waals surface area contributed by atoms with Crippen LogP contribution < -0.4 is 5.32 Å². The second-order valence-corrected chi connectivity index (χ2v) is 4.05. The minimum absolute atomic E-state index is 0.00958. The first kappa shape index (κ1) is 12.5. The molecule has 1 aromatic heterocycles. The van der Waals surface area contributed by atoms with Gasteiger partial charge < -0.3 is 10.1 Å². The van der Waals surface area contributed by atoms with Gasteiger partial charge in [-0.15, -0.1) is 0 Å². The summed E-state index contributed by atoms with van der Waals surface area (Å²) in [6.07, 6.45) is 1.90. The largest absolute Gasteiger partial charge is 0.469 e. The van der Waals surface area contributed by atoms with Gasteiger partial charge in [-0.1, -0.05) is 0 Å². The van der Waals surface area contributed by atoms with Crippen molar-refractivity contribution in [1.29, 1.82) is 0 Å². The first-order valence-corrected chi connectivity index (χ1v) is 5.30. The van der Waals surface area contributed by atoms with E-state index in [0.29, 0.717) is 0 Å². The van der Waals surface area contributed by atoms with Gasteiger partial charge in [0.15, 0.2) is 0 Å². The highest BCUT2D eigenvalue weighted by Crippen LogP contribution is 2.16. The Kier molecular flexibility index (Phi) is 3.93. The Bertz CT molecular complexity index is 373. The molecule has 0 aliphatic heterocycles. The lowest BCUT2D eigenvalue weighted by molar-refractivity contribution is -0.145. The fourth-order valence-corrected chi connectivity index (χ4v) is 1.50. The Hall–Kier alpha value is -1.52. The van der Waals surface area contributed by atoms with Gasteiger partial charge in [0, 0.05) is 19.3 Å². The van der Waals surface area contributed by atoms with Gasteiger partial charge in [0.2, 0.25) is 0 Å². The van der Waals surface area contributed by atoms with E-state index in [1.165, 1.54) is 7.11 Å². The molecule has 2 unspecified atom stereocenters. The summed E-state index contributed by atoms with van der Waals surface area (Å²) < 4.78 is 6.45. The molecule has 0 saturated heterocycles. The fraction of sp³-hybridized carbons (Fsp3) is 0.636. The molecule has 0 aliphatic carbocycles. The van der Waals surface area contributed by atoms with Gasteiger partial charge in [0.05, 0.1) is 24.4 Å². The normalized spacial score (nSPS) is 14.3. The number of nitrogens with zero attached hydrogens (tertiary/aromatic N) is 2. The molecule has 0 spiro atoms. The first-order valence-electron chi connectivity index (χ1n) is 5.30. The SMILES string of the molecule is COC(=O)C(C)C(C)Nc1cn(C)nc1C. The van der Waals surface area contributed by atoms with Crippen LogP contribution in [0.25, 0.3) is 0 Å². The maximum Gasteiger partial charge on any atom is 0.310 e. The molecule has 0 aliphatic rings. The number of ether oxygens (including phenoxy) is 1. The van der Waals surface area contributed by atoms with Crippen molar-refractivity contribution in [2.24, 2.45) is 13.0 Å². The third-order valence-corrected chi connectivity index (χ3v) is 2.72. The predicted molar refractivity (Wildman–Crippen MR) is 62.2 cm³/mol. The van der Waals surface area contributed by atoms with E-state index in [0.717, 1.165) is 11.4 Å². The average Bonchev–Trinajstić information content (AvgIpc) is 2.55. The third-order valence-electron chi connectivity index (χ3n) is 2.72. The molecule has 1 N–H and O–H groups in total. The molecule has 90 valence electrons. The van der Waals surface area contributed by atoms with Crippen LogP contribution in [0.5, 0.6) is 0 Å². The van der Waals surface area contributed by atoms with Crippen molar-refractivity contribution in [3.63, 3.8) is 0 Å². The lowest BCUT2D eigenvalue weighted by Crippen LogP contribution is -2.30. The number of carbonyl (C=O) groups excluding carboxylic acids is 1. The standard InChI is InChI=1S/C11H19N3O2/c1-7(11(15)16-5)8(2)12-10-6-14(4)13-9(10)3/h6-8,12H,1-5H3. The molecule has 16 heavy (non-hydrogen) atoms. The summed E-state index contributed by atoms with van der Waals surface area (Å²) in [5, 5.41) is 7.49. The molecule has 0 saturated carbocycles. The quantitative estimate of drug-likeness (QED) is 0.786. The predicted octanol–water partition coefficient (Wildman–Crippen LogP) is 1.34. The van der Waals surface area contributed by atoms with E-state index in [2.05, 4.69) is 10.4 Å². The molecule has 0 aromatic carbocycles. The Morgan fingerprint density at radius 1 is 1.56 bits per heavy atom. The van der Waals surface area contributed by atoms with E-state index in [1.54, 1.807) is 4.68 Å². The number of anilines is 1. The van der Waals surface area contributed by atoms with Gasteiger partial charge in [-0.05, 0) is 20.8 Å². The zero-order valence-electron chi connectivity index (χ0n) is 10.4. The summed E-state index contributed by atoms with van der Waals surface area (Å²) in [5.41, 5.74) is 1.87. The second-order valence-electron chi connectivity index (χ2n) is 4.05. The average molecular weight is 225 g/mol.